The average molecular weight is 195 g/mol. The Bertz CT molecular complexity index is 317. The van der Waals surface area contributed by atoms with Gasteiger partial charge in [-0.15, -0.1) is 0 Å². The maximum absolute atomic E-state index is 9.05. The van der Waals surface area contributed by atoms with Crippen molar-refractivity contribution in [2.45, 2.75) is 6.04 Å². The van der Waals surface area contributed by atoms with Gasteiger partial charge in [0.05, 0.1) is 6.61 Å². The molecule has 0 radical (unpaired) electrons. The number of nitrogens with zero attached hydrogens (tertiary/aromatic N) is 1. The maximum atomic E-state index is 9.05. The first-order valence-corrected chi connectivity index (χ1v) is 4.12. The van der Waals surface area contributed by atoms with E-state index in [-0.39, 0.29) is 18.3 Å². The van der Waals surface area contributed by atoms with Crippen molar-refractivity contribution < 1.29 is 10.2 Å². The SMILES string of the molecule is NC(N)=N[C@H](CO)c1ccc(O)cc1. The number of aliphatic imine (C=N–C) groups is 1. The van der Waals surface area contributed by atoms with E-state index in [0.717, 1.165) is 5.56 Å². The molecule has 0 saturated carbocycles. The summed E-state index contributed by atoms with van der Waals surface area (Å²) in [6.45, 7) is -0.178. The van der Waals surface area contributed by atoms with Crippen LogP contribution in [-0.4, -0.2) is 22.8 Å². The van der Waals surface area contributed by atoms with Crippen LogP contribution in [0, 0.1) is 0 Å². The van der Waals surface area contributed by atoms with Gasteiger partial charge in [-0.3, -0.25) is 0 Å². The average Bonchev–Trinajstić information content (AvgIpc) is 2.15. The Morgan fingerprint density at radius 2 is 1.86 bits per heavy atom. The molecule has 0 aliphatic carbocycles. The first-order valence-electron chi connectivity index (χ1n) is 4.12. The van der Waals surface area contributed by atoms with E-state index >= 15 is 0 Å². The van der Waals surface area contributed by atoms with E-state index in [1.165, 1.54) is 12.1 Å². The number of nitrogens with two attached hydrogens (primary N) is 2. The van der Waals surface area contributed by atoms with Crippen LogP contribution in [0.1, 0.15) is 11.6 Å². The molecule has 0 spiro atoms. The first-order chi connectivity index (χ1) is 6.63. The van der Waals surface area contributed by atoms with Crippen LogP contribution in [0.4, 0.5) is 0 Å². The Kier molecular flexibility index (Phi) is 3.30. The molecule has 0 saturated heterocycles. The van der Waals surface area contributed by atoms with Crippen molar-refractivity contribution in [1.29, 1.82) is 0 Å². The van der Waals surface area contributed by atoms with Crippen molar-refractivity contribution >= 4 is 5.96 Å². The quantitative estimate of drug-likeness (QED) is 0.392. The fourth-order valence-electron chi connectivity index (χ4n) is 1.10. The van der Waals surface area contributed by atoms with Gasteiger partial charge < -0.3 is 21.7 Å². The van der Waals surface area contributed by atoms with Gasteiger partial charge in [0, 0.05) is 0 Å². The van der Waals surface area contributed by atoms with Crippen LogP contribution in [0.15, 0.2) is 29.3 Å². The number of guanidine groups is 1. The van der Waals surface area contributed by atoms with Gasteiger partial charge in [-0.1, -0.05) is 12.1 Å². The molecule has 0 fully saturated rings. The predicted octanol–water partition coefficient (Wildman–Crippen LogP) is -0.301. The van der Waals surface area contributed by atoms with Gasteiger partial charge in [0.1, 0.15) is 11.8 Å². The van der Waals surface area contributed by atoms with E-state index in [1.807, 2.05) is 0 Å². The molecule has 6 N–H and O–H groups in total. The summed E-state index contributed by atoms with van der Waals surface area (Å²) in [5, 5.41) is 18.1. The third-order valence-electron chi connectivity index (χ3n) is 1.76. The zero-order chi connectivity index (χ0) is 10.6. The molecule has 0 aliphatic rings. The highest BCUT2D eigenvalue weighted by Crippen LogP contribution is 2.19. The van der Waals surface area contributed by atoms with Crippen LogP contribution in [0.2, 0.25) is 0 Å². The van der Waals surface area contributed by atoms with E-state index in [9.17, 15) is 0 Å². The largest absolute Gasteiger partial charge is 0.508 e. The van der Waals surface area contributed by atoms with E-state index in [1.54, 1.807) is 12.1 Å². The van der Waals surface area contributed by atoms with Gasteiger partial charge in [-0.25, -0.2) is 4.99 Å². The predicted molar refractivity (Wildman–Crippen MR) is 53.7 cm³/mol. The summed E-state index contributed by atoms with van der Waals surface area (Å²) in [5.74, 6) is 0.0901. The molecule has 0 amide bonds. The van der Waals surface area contributed by atoms with Crippen LogP contribution in [0.25, 0.3) is 0 Å². The maximum Gasteiger partial charge on any atom is 0.186 e. The molecule has 0 unspecified atom stereocenters. The number of rotatable bonds is 3. The standard InChI is InChI=1S/C9H13N3O2/c10-9(11)12-8(5-13)6-1-3-7(14)4-2-6/h1-4,8,13-14H,5H2,(H4,10,11,12)/t8-/m1/s1. The Labute approximate surface area is 81.7 Å². The summed E-state index contributed by atoms with van der Waals surface area (Å²) in [5.41, 5.74) is 11.2. The molecule has 5 nitrogen and oxygen atoms in total. The fraction of sp³-hybridized carbons (Fsp3) is 0.222. The minimum Gasteiger partial charge on any atom is -0.508 e. The normalized spacial score (nSPS) is 12.1. The fourth-order valence-corrected chi connectivity index (χ4v) is 1.10. The summed E-state index contributed by atoms with van der Waals surface area (Å²) >= 11 is 0. The molecule has 1 atom stereocenters. The van der Waals surface area contributed by atoms with Crippen LogP contribution in [0.5, 0.6) is 5.75 Å². The van der Waals surface area contributed by atoms with Crippen molar-refractivity contribution in [3.63, 3.8) is 0 Å². The number of benzene rings is 1. The highest BCUT2D eigenvalue weighted by atomic mass is 16.3. The number of phenolic OH excluding ortho intramolecular Hbond substituents is 1. The van der Waals surface area contributed by atoms with Gasteiger partial charge in [-0.05, 0) is 17.7 Å². The molecular weight excluding hydrogens is 182 g/mol. The molecule has 14 heavy (non-hydrogen) atoms. The smallest absolute Gasteiger partial charge is 0.186 e. The Morgan fingerprint density at radius 1 is 1.29 bits per heavy atom. The molecule has 0 bridgehead atoms. The second-order valence-electron chi connectivity index (χ2n) is 2.84. The Morgan fingerprint density at radius 3 is 2.29 bits per heavy atom. The van der Waals surface area contributed by atoms with Crippen LogP contribution in [-0.2, 0) is 0 Å². The second kappa shape index (κ2) is 4.48. The lowest BCUT2D eigenvalue weighted by Gasteiger charge is -2.09. The van der Waals surface area contributed by atoms with Crippen LogP contribution >= 0.6 is 0 Å². The van der Waals surface area contributed by atoms with Gasteiger partial charge >= 0.3 is 0 Å². The Balaban J connectivity index is 2.90. The van der Waals surface area contributed by atoms with Crippen LogP contribution in [0.3, 0.4) is 0 Å². The van der Waals surface area contributed by atoms with Crippen molar-refractivity contribution in [3.8, 4) is 5.75 Å². The van der Waals surface area contributed by atoms with Crippen molar-refractivity contribution in [2.24, 2.45) is 16.5 Å². The van der Waals surface area contributed by atoms with E-state index in [2.05, 4.69) is 4.99 Å². The van der Waals surface area contributed by atoms with Gasteiger partial charge in [-0.2, -0.15) is 0 Å². The lowest BCUT2D eigenvalue weighted by molar-refractivity contribution is 0.268. The van der Waals surface area contributed by atoms with E-state index in [0.29, 0.717) is 0 Å². The van der Waals surface area contributed by atoms with Crippen molar-refractivity contribution in [3.05, 3.63) is 29.8 Å². The number of aliphatic hydroxyl groups excluding tert-OH is 1. The summed E-state index contributed by atoms with van der Waals surface area (Å²) in [6.07, 6.45) is 0. The lowest BCUT2D eigenvalue weighted by atomic mass is 10.1. The lowest BCUT2D eigenvalue weighted by Crippen LogP contribution is -2.24. The molecule has 0 aliphatic heterocycles. The highest BCUT2D eigenvalue weighted by molar-refractivity contribution is 5.76. The topological polar surface area (TPSA) is 105 Å². The number of phenols is 1. The van der Waals surface area contributed by atoms with E-state index < -0.39 is 6.04 Å². The zero-order valence-electron chi connectivity index (χ0n) is 7.59. The minimum atomic E-state index is -0.472. The molecule has 76 valence electrons. The molecule has 1 rings (SSSR count). The zero-order valence-corrected chi connectivity index (χ0v) is 7.59. The van der Waals surface area contributed by atoms with Gasteiger partial charge in [0.2, 0.25) is 0 Å². The number of hydrogen-bond acceptors (Lipinski definition) is 3. The summed E-state index contributed by atoms with van der Waals surface area (Å²) in [6, 6.07) is 5.87. The number of hydrogen-bond donors (Lipinski definition) is 4. The van der Waals surface area contributed by atoms with Crippen molar-refractivity contribution in [2.75, 3.05) is 6.61 Å². The monoisotopic (exact) mass is 195 g/mol. The summed E-state index contributed by atoms with van der Waals surface area (Å²) in [7, 11) is 0. The third kappa shape index (κ3) is 2.63. The number of aromatic hydroxyl groups is 1. The minimum absolute atomic E-state index is 0.0721. The summed E-state index contributed by atoms with van der Waals surface area (Å²) < 4.78 is 0. The number of aliphatic hydroxyl groups is 1. The van der Waals surface area contributed by atoms with E-state index in [4.69, 9.17) is 21.7 Å². The summed E-state index contributed by atoms with van der Waals surface area (Å²) in [4.78, 5) is 3.84. The van der Waals surface area contributed by atoms with Crippen LogP contribution < -0.4 is 11.5 Å². The molecular formula is C9H13N3O2. The first kappa shape index (κ1) is 10.3. The molecule has 0 heterocycles. The molecule has 1 aromatic carbocycles. The Hall–Kier alpha value is -1.75. The highest BCUT2D eigenvalue weighted by Gasteiger charge is 2.08. The molecule has 5 heteroatoms. The van der Waals surface area contributed by atoms with Gasteiger partial charge in [0.15, 0.2) is 5.96 Å². The molecule has 0 aromatic heterocycles. The third-order valence-corrected chi connectivity index (χ3v) is 1.76. The van der Waals surface area contributed by atoms with Gasteiger partial charge in [0.25, 0.3) is 0 Å². The van der Waals surface area contributed by atoms with Crippen molar-refractivity contribution in [1.82, 2.24) is 0 Å². The second-order valence-corrected chi connectivity index (χ2v) is 2.84. The molecule has 1 aromatic rings.